The first kappa shape index (κ1) is 18.2. The molecule has 3 amide bonds. The van der Waals surface area contributed by atoms with Crippen LogP contribution in [0, 0.1) is 5.92 Å². The molecule has 2 aliphatic rings. The van der Waals surface area contributed by atoms with Crippen molar-refractivity contribution in [2.45, 2.75) is 44.2 Å². The third kappa shape index (κ3) is 3.98. The number of ether oxygens (including phenoxy) is 1. The Morgan fingerprint density at radius 2 is 1.96 bits per heavy atom. The summed E-state index contributed by atoms with van der Waals surface area (Å²) in [6, 6.07) is 6.83. The number of rotatable bonds is 5. The smallest absolute Gasteiger partial charge is 0.325 e. The Bertz CT molecular complexity index is 641. The number of nitrogens with one attached hydrogen (secondary N) is 1. The SMILES string of the molecule is CC1CCC2(CC1)NC(=O)N(C[C@@H](O)COc1ccc(Br)cc1)C2=O. The fourth-order valence-electron chi connectivity index (χ4n) is 3.42. The molecule has 1 saturated heterocycles. The monoisotopic (exact) mass is 410 g/mol. The van der Waals surface area contributed by atoms with Crippen LogP contribution in [-0.2, 0) is 4.79 Å². The summed E-state index contributed by atoms with van der Waals surface area (Å²) in [6.45, 7) is 2.12. The molecule has 3 rings (SSSR count). The lowest BCUT2D eigenvalue weighted by atomic mass is 9.77. The molecule has 0 aromatic heterocycles. The van der Waals surface area contributed by atoms with Crippen LogP contribution in [0.15, 0.2) is 28.7 Å². The number of carbonyl (C=O) groups excluding carboxylic acids is 2. The average molecular weight is 411 g/mol. The first-order valence-electron chi connectivity index (χ1n) is 8.60. The molecular formula is C18H23BrN2O4. The first-order chi connectivity index (χ1) is 11.9. The van der Waals surface area contributed by atoms with Gasteiger partial charge in [-0.25, -0.2) is 4.79 Å². The Morgan fingerprint density at radius 1 is 1.32 bits per heavy atom. The zero-order valence-electron chi connectivity index (χ0n) is 14.2. The van der Waals surface area contributed by atoms with E-state index in [9.17, 15) is 14.7 Å². The van der Waals surface area contributed by atoms with Crippen molar-refractivity contribution in [3.63, 3.8) is 0 Å². The van der Waals surface area contributed by atoms with E-state index in [0.29, 0.717) is 24.5 Å². The molecule has 6 nitrogen and oxygen atoms in total. The van der Waals surface area contributed by atoms with E-state index in [0.717, 1.165) is 22.2 Å². The molecule has 136 valence electrons. The summed E-state index contributed by atoms with van der Waals surface area (Å²) in [7, 11) is 0. The van der Waals surface area contributed by atoms with E-state index < -0.39 is 17.7 Å². The number of nitrogens with zero attached hydrogens (tertiary/aromatic N) is 1. The van der Waals surface area contributed by atoms with Gasteiger partial charge in [-0.3, -0.25) is 9.69 Å². The molecular weight excluding hydrogens is 388 g/mol. The van der Waals surface area contributed by atoms with Crippen molar-refractivity contribution >= 4 is 27.9 Å². The van der Waals surface area contributed by atoms with Crippen molar-refractivity contribution in [2.75, 3.05) is 13.2 Å². The number of halogens is 1. The first-order valence-corrected chi connectivity index (χ1v) is 9.39. The zero-order valence-corrected chi connectivity index (χ0v) is 15.8. The lowest BCUT2D eigenvalue weighted by molar-refractivity contribution is -0.133. The second kappa shape index (κ2) is 7.33. The molecule has 1 aromatic rings. The van der Waals surface area contributed by atoms with Gasteiger partial charge in [0.15, 0.2) is 0 Å². The molecule has 1 aliphatic heterocycles. The van der Waals surface area contributed by atoms with Crippen LogP contribution in [0.1, 0.15) is 32.6 Å². The van der Waals surface area contributed by atoms with Crippen LogP contribution < -0.4 is 10.1 Å². The second-order valence-electron chi connectivity index (χ2n) is 7.03. The summed E-state index contributed by atoms with van der Waals surface area (Å²) in [5, 5.41) is 13.0. The normalized spacial score (nSPS) is 27.5. The van der Waals surface area contributed by atoms with Crippen LogP contribution in [0.25, 0.3) is 0 Å². The summed E-state index contributed by atoms with van der Waals surface area (Å²) in [4.78, 5) is 26.1. The Hall–Kier alpha value is -1.60. The molecule has 7 heteroatoms. The van der Waals surface area contributed by atoms with Crippen LogP contribution in [0.4, 0.5) is 4.79 Å². The molecule has 1 spiro atoms. The van der Waals surface area contributed by atoms with Crippen molar-refractivity contribution in [2.24, 2.45) is 5.92 Å². The molecule has 1 aliphatic carbocycles. The Morgan fingerprint density at radius 3 is 2.60 bits per heavy atom. The van der Waals surface area contributed by atoms with E-state index in [4.69, 9.17) is 4.74 Å². The van der Waals surface area contributed by atoms with Crippen LogP contribution in [-0.4, -0.2) is 46.7 Å². The fraction of sp³-hybridized carbons (Fsp3) is 0.556. The zero-order chi connectivity index (χ0) is 18.0. The molecule has 1 aromatic carbocycles. The van der Waals surface area contributed by atoms with Gasteiger partial charge >= 0.3 is 6.03 Å². The molecule has 0 radical (unpaired) electrons. The third-order valence-electron chi connectivity index (χ3n) is 5.02. The van der Waals surface area contributed by atoms with Gasteiger partial charge in [-0.05, 0) is 55.9 Å². The predicted octanol–water partition coefficient (Wildman–Crippen LogP) is 2.69. The fourth-order valence-corrected chi connectivity index (χ4v) is 3.69. The standard InChI is InChI=1S/C18H23BrN2O4/c1-12-6-8-18(9-7-12)16(23)21(17(24)20-18)10-14(22)11-25-15-4-2-13(19)3-5-15/h2-5,12,14,22H,6-11H2,1H3,(H,20,24)/t12?,14-,18?/m1/s1. The van der Waals surface area contributed by atoms with Crippen molar-refractivity contribution in [3.8, 4) is 5.75 Å². The molecule has 1 saturated carbocycles. The van der Waals surface area contributed by atoms with E-state index in [-0.39, 0.29) is 19.1 Å². The van der Waals surface area contributed by atoms with Crippen molar-refractivity contribution in [1.29, 1.82) is 0 Å². The maximum absolute atomic E-state index is 12.7. The number of β-amino-alcohol motifs (C(OH)–C–C–N with tert-alkyl or cyclic N) is 1. The Labute approximate surface area is 155 Å². The van der Waals surface area contributed by atoms with E-state index >= 15 is 0 Å². The van der Waals surface area contributed by atoms with E-state index in [1.165, 1.54) is 0 Å². The maximum atomic E-state index is 12.7. The van der Waals surface area contributed by atoms with Crippen LogP contribution in [0.2, 0.25) is 0 Å². The Balaban J connectivity index is 1.55. The highest BCUT2D eigenvalue weighted by Crippen LogP contribution is 2.36. The van der Waals surface area contributed by atoms with Gasteiger partial charge in [-0.15, -0.1) is 0 Å². The maximum Gasteiger partial charge on any atom is 0.325 e. The van der Waals surface area contributed by atoms with Crippen LogP contribution in [0.3, 0.4) is 0 Å². The van der Waals surface area contributed by atoms with Crippen LogP contribution in [0.5, 0.6) is 5.75 Å². The summed E-state index contributed by atoms with van der Waals surface area (Å²) in [6.07, 6.45) is 2.25. The van der Waals surface area contributed by atoms with Gasteiger partial charge in [0.05, 0.1) is 6.54 Å². The summed E-state index contributed by atoms with van der Waals surface area (Å²) < 4.78 is 6.45. The summed E-state index contributed by atoms with van der Waals surface area (Å²) >= 11 is 3.34. The number of urea groups is 1. The molecule has 25 heavy (non-hydrogen) atoms. The topological polar surface area (TPSA) is 78.9 Å². The lowest BCUT2D eigenvalue weighted by Crippen LogP contribution is -2.49. The van der Waals surface area contributed by atoms with Gasteiger partial charge in [0.2, 0.25) is 0 Å². The number of benzene rings is 1. The van der Waals surface area contributed by atoms with E-state index in [1.807, 2.05) is 12.1 Å². The number of imide groups is 1. The van der Waals surface area contributed by atoms with Gasteiger partial charge in [0.25, 0.3) is 5.91 Å². The Kier molecular flexibility index (Phi) is 5.34. The highest BCUT2D eigenvalue weighted by molar-refractivity contribution is 9.10. The van der Waals surface area contributed by atoms with Crippen molar-refractivity contribution in [1.82, 2.24) is 10.2 Å². The minimum absolute atomic E-state index is 0.0166. The highest BCUT2D eigenvalue weighted by atomic mass is 79.9. The number of hydrogen-bond donors (Lipinski definition) is 2. The molecule has 1 heterocycles. The molecule has 0 bridgehead atoms. The quantitative estimate of drug-likeness (QED) is 0.731. The van der Waals surface area contributed by atoms with Gasteiger partial charge in [0.1, 0.15) is 24.0 Å². The van der Waals surface area contributed by atoms with Gasteiger partial charge < -0.3 is 15.2 Å². The number of aliphatic hydroxyl groups excluding tert-OH is 1. The molecule has 1 atom stereocenters. The summed E-state index contributed by atoms with van der Waals surface area (Å²) in [5.41, 5.74) is -0.768. The van der Waals surface area contributed by atoms with Crippen LogP contribution >= 0.6 is 15.9 Å². The minimum Gasteiger partial charge on any atom is -0.491 e. The average Bonchev–Trinajstić information content (AvgIpc) is 2.82. The second-order valence-corrected chi connectivity index (χ2v) is 7.94. The molecule has 2 fully saturated rings. The van der Waals surface area contributed by atoms with Gasteiger partial charge in [-0.2, -0.15) is 0 Å². The number of carbonyl (C=O) groups is 2. The van der Waals surface area contributed by atoms with Gasteiger partial charge in [-0.1, -0.05) is 22.9 Å². The third-order valence-corrected chi connectivity index (χ3v) is 5.55. The largest absolute Gasteiger partial charge is 0.491 e. The number of aliphatic hydroxyl groups is 1. The van der Waals surface area contributed by atoms with Gasteiger partial charge in [0, 0.05) is 4.47 Å². The summed E-state index contributed by atoms with van der Waals surface area (Å²) in [5.74, 6) is 0.985. The minimum atomic E-state index is -0.934. The molecule has 0 unspecified atom stereocenters. The number of hydrogen-bond acceptors (Lipinski definition) is 4. The highest BCUT2D eigenvalue weighted by Gasteiger charge is 2.52. The molecule has 2 N–H and O–H groups in total. The predicted molar refractivity (Wildman–Crippen MR) is 96.3 cm³/mol. The van der Waals surface area contributed by atoms with Crippen molar-refractivity contribution in [3.05, 3.63) is 28.7 Å². The van der Waals surface area contributed by atoms with E-state index in [2.05, 4.69) is 28.2 Å². The lowest BCUT2D eigenvalue weighted by Gasteiger charge is -2.33. The van der Waals surface area contributed by atoms with E-state index in [1.54, 1.807) is 12.1 Å². The number of amides is 3. The van der Waals surface area contributed by atoms with Crippen molar-refractivity contribution < 1.29 is 19.4 Å².